The molecule has 0 radical (unpaired) electrons. The first kappa shape index (κ1) is 9.50. The smallest absolute Gasteiger partial charge is 0.0319 e. The van der Waals surface area contributed by atoms with Crippen LogP contribution in [0, 0.1) is 10.8 Å². The normalized spacial score (nSPS) is 22.7. The summed E-state index contributed by atoms with van der Waals surface area (Å²) in [6.07, 6.45) is 3.71. The molecule has 1 aliphatic rings. The Labute approximate surface area is 75.4 Å². The Morgan fingerprint density at radius 1 is 1.42 bits per heavy atom. The van der Waals surface area contributed by atoms with Gasteiger partial charge in [0.05, 0.1) is 0 Å². The Balaban J connectivity index is 3.09. The molecule has 0 unspecified atom stereocenters. The molecule has 0 aromatic heterocycles. The van der Waals surface area contributed by atoms with Crippen molar-refractivity contribution >= 4 is 5.71 Å². The fourth-order valence-electron chi connectivity index (χ4n) is 2.45. The molecule has 0 amide bonds. The molecule has 0 bridgehead atoms. The highest BCUT2D eigenvalue weighted by Crippen LogP contribution is 2.40. The van der Waals surface area contributed by atoms with Crippen LogP contribution < -0.4 is 0 Å². The van der Waals surface area contributed by atoms with Crippen molar-refractivity contribution in [2.75, 3.05) is 0 Å². The molecule has 0 aromatic carbocycles. The molecule has 1 N–H and O–H groups in total. The van der Waals surface area contributed by atoms with Gasteiger partial charge in [0.15, 0.2) is 0 Å². The van der Waals surface area contributed by atoms with Crippen LogP contribution in [-0.4, -0.2) is 5.71 Å². The van der Waals surface area contributed by atoms with Crippen LogP contribution in [-0.2, 0) is 0 Å². The summed E-state index contributed by atoms with van der Waals surface area (Å²) in [5.74, 6) is 0. The van der Waals surface area contributed by atoms with Gasteiger partial charge in [0.2, 0.25) is 0 Å². The topological polar surface area (TPSA) is 23.9 Å². The summed E-state index contributed by atoms with van der Waals surface area (Å²) in [5, 5.41) is 7.72. The zero-order valence-electron chi connectivity index (χ0n) is 8.62. The van der Waals surface area contributed by atoms with Gasteiger partial charge in [-0.25, -0.2) is 0 Å². The first-order valence-electron chi connectivity index (χ1n) is 4.71. The summed E-state index contributed by atoms with van der Waals surface area (Å²) in [4.78, 5) is 0. The lowest BCUT2D eigenvalue weighted by atomic mass is 9.71. The van der Waals surface area contributed by atoms with Crippen LogP contribution in [0.5, 0.6) is 0 Å². The van der Waals surface area contributed by atoms with Crippen LogP contribution >= 0.6 is 0 Å². The van der Waals surface area contributed by atoms with E-state index in [1.165, 1.54) is 30.4 Å². The minimum absolute atomic E-state index is 0.244. The Hall–Kier alpha value is -0.590. The zero-order valence-corrected chi connectivity index (χ0v) is 8.62. The molecule has 1 aliphatic carbocycles. The van der Waals surface area contributed by atoms with Gasteiger partial charge in [-0.1, -0.05) is 19.4 Å². The van der Waals surface area contributed by atoms with E-state index in [9.17, 15) is 0 Å². The second kappa shape index (κ2) is 3.04. The molecule has 0 saturated heterocycles. The maximum absolute atomic E-state index is 7.72. The molecule has 1 rings (SSSR count). The Kier molecular flexibility index (Phi) is 2.41. The van der Waals surface area contributed by atoms with Gasteiger partial charge in [-0.2, -0.15) is 0 Å². The molecule has 68 valence electrons. The minimum Gasteiger partial charge on any atom is -0.305 e. The fourth-order valence-corrected chi connectivity index (χ4v) is 2.45. The summed E-state index contributed by atoms with van der Waals surface area (Å²) in [5.41, 5.74) is 3.73. The minimum atomic E-state index is 0.244. The summed E-state index contributed by atoms with van der Waals surface area (Å²) in [6, 6.07) is 0. The Bertz CT molecular complexity index is 233. The van der Waals surface area contributed by atoms with E-state index in [1.54, 1.807) is 0 Å². The maximum Gasteiger partial charge on any atom is 0.0319 e. The summed E-state index contributed by atoms with van der Waals surface area (Å²) in [7, 11) is 0. The number of allylic oxidation sites excluding steroid dienone is 2. The predicted octanol–water partition coefficient (Wildman–Crippen LogP) is 3.55. The SMILES string of the molecule is CC(=N)C1=C(C)CCCC1(C)C. The van der Waals surface area contributed by atoms with E-state index in [4.69, 9.17) is 5.41 Å². The van der Waals surface area contributed by atoms with Crippen molar-refractivity contribution in [2.45, 2.75) is 47.0 Å². The molecular formula is C11H19N. The lowest BCUT2D eigenvalue weighted by molar-refractivity contribution is 0.382. The molecule has 0 aromatic rings. The van der Waals surface area contributed by atoms with Crippen molar-refractivity contribution in [3.63, 3.8) is 0 Å². The second-order valence-electron chi connectivity index (χ2n) is 4.52. The molecule has 0 saturated carbocycles. The lowest BCUT2D eigenvalue weighted by Gasteiger charge is -2.34. The summed E-state index contributed by atoms with van der Waals surface area (Å²) < 4.78 is 0. The highest BCUT2D eigenvalue weighted by molar-refractivity contribution is 5.97. The third kappa shape index (κ3) is 1.60. The number of hydrogen-bond donors (Lipinski definition) is 1. The van der Waals surface area contributed by atoms with Gasteiger partial charge in [0.25, 0.3) is 0 Å². The average molecular weight is 165 g/mol. The van der Waals surface area contributed by atoms with E-state index in [2.05, 4.69) is 20.8 Å². The van der Waals surface area contributed by atoms with Crippen molar-refractivity contribution in [1.29, 1.82) is 5.41 Å². The van der Waals surface area contributed by atoms with Crippen LogP contribution in [0.25, 0.3) is 0 Å². The van der Waals surface area contributed by atoms with Gasteiger partial charge >= 0.3 is 0 Å². The molecule has 12 heavy (non-hydrogen) atoms. The quantitative estimate of drug-likeness (QED) is 0.574. The van der Waals surface area contributed by atoms with Gasteiger partial charge in [0, 0.05) is 5.71 Å². The number of nitrogens with one attached hydrogen (secondary N) is 1. The third-order valence-corrected chi connectivity index (χ3v) is 2.83. The Morgan fingerprint density at radius 3 is 2.33 bits per heavy atom. The molecule has 0 spiro atoms. The van der Waals surface area contributed by atoms with Crippen LogP contribution in [0.1, 0.15) is 47.0 Å². The van der Waals surface area contributed by atoms with Crippen LogP contribution in [0.4, 0.5) is 0 Å². The van der Waals surface area contributed by atoms with E-state index in [1.807, 2.05) is 6.92 Å². The van der Waals surface area contributed by atoms with Gasteiger partial charge < -0.3 is 5.41 Å². The van der Waals surface area contributed by atoms with Crippen LogP contribution in [0.2, 0.25) is 0 Å². The van der Waals surface area contributed by atoms with Crippen molar-refractivity contribution in [3.8, 4) is 0 Å². The van der Waals surface area contributed by atoms with E-state index >= 15 is 0 Å². The molecule has 1 nitrogen and oxygen atoms in total. The standard InChI is InChI=1S/C11H19N/c1-8-6-5-7-11(3,4)10(8)9(2)12/h12H,5-7H2,1-4H3. The highest BCUT2D eigenvalue weighted by Gasteiger charge is 2.29. The molecule has 0 atom stereocenters. The van der Waals surface area contributed by atoms with Gasteiger partial charge in [-0.05, 0) is 44.1 Å². The first-order chi connectivity index (χ1) is 5.45. The lowest BCUT2D eigenvalue weighted by Crippen LogP contribution is -2.24. The number of rotatable bonds is 1. The largest absolute Gasteiger partial charge is 0.305 e. The summed E-state index contributed by atoms with van der Waals surface area (Å²) in [6.45, 7) is 8.59. The van der Waals surface area contributed by atoms with E-state index in [-0.39, 0.29) is 5.41 Å². The summed E-state index contributed by atoms with van der Waals surface area (Å²) >= 11 is 0. The first-order valence-corrected chi connectivity index (χ1v) is 4.71. The Morgan fingerprint density at radius 2 is 2.00 bits per heavy atom. The van der Waals surface area contributed by atoms with Crippen molar-refractivity contribution in [3.05, 3.63) is 11.1 Å². The molecule has 1 heteroatoms. The fraction of sp³-hybridized carbons (Fsp3) is 0.727. The monoisotopic (exact) mass is 165 g/mol. The van der Waals surface area contributed by atoms with Gasteiger partial charge in [-0.15, -0.1) is 0 Å². The predicted molar refractivity (Wildman–Crippen MR) is 53.7 cm³/mol. The van der Waals surface area contributed by atoms with E-state index in [0.29, 0.717) is 0 Å². The third-order valence-electron chi connectivity index (χ3n) is 2.83. The van der Waals surface area contributed by atoms with Gasteiger partial charge in [-0.3, -0.25) is 0 Å². The van der Waals surface area contributed by atoms with Gasteiger partial charge in [0.1, 0.15) is 0 Å². The highest BCUT2D eigenvalue weighted by atomic mass is 14.5. The van der Waals surface area contributed by atoms with Crippen molar-refractivity contribution in [2.24, 2.45) is 5.41 Å². The van der Waals surface area contributed by atoms with Crippen molar-refractivity contribution in [1.82, 2.24) is 0 Å². The number of hydrogen-bond acceptors (Lipinski definition) is 1. The second-order valence-corrected chi connectivity index (χ2v) is 4.52. The van der Waals surface area contributed by atoms with E-state index < -0.39 is 0 Å². The molecule has 0 fully saturated rings. The zero-order chi connectivity index (χ0) is 9.35. The molecule has 0 heterocycles. The molecule has 0 aliphatic heterocycles. The maximum atomic E-state index is 7.72. The van der Waals surface area contributed by atoms with Crippen molar-refractivity contribution < 1.29 is 0 Å². The van der Waals surface area contributed by atoms with Crippen LogP contribution in [0.15, 0.2) is 11.1 Å². The van der Waals surface area contributed by atoms with Crippen LogP contribution in [0.3, 0.4) is 0 Å². The average Bonchev–Trinajstić information content (AvgIpc) is 1.82. The molecular weight excluding hydrogens is 146 g/mol. The van der Waals surface area contributed by atoms with E-state index in [0.717, 1.165) is 5.71 Å².